The first kappa shape index (κ1) is 27.1. The van der Waals surface area contributed by atoms with Gasteiger partial charge >= 0.3 is 5.97 Å². The maximum atomic E-state index is 13.5. The van der Waals surface area contributed by atoms with Crippen molar-refractivity contribution in [2.24, 2.45) is 5.10 Å². The number of aryl methyl sites for hydroxylation is 2. The van der Waals surface area contributed by atoms with Gasteiger partial charge in [0.25, 0.3) is 5.91 Å². The van der Waals surface area contributed by atoms with Crippen LogP contribution in [0.4, 0.5) is 17.1 Å². The number of carboxylic acids is 1. The number of hydrogen-bond donors (Lipinski definition) is 1. The summed E-state index contributed by atoms with van der Waals surface area (Å²) in [6, 6.07) is 28.8. The van der Waals surface area contributed by atoms with Crippen molar-refractivity contribution in [3.05, 3.63) is 118 Å². The zero-order valence-corrected chi connectivity index (χ0v) is 24.7. The van der Waals surface area contributed by atoms with E-state index in [1.54, 1.807) is 35.6 Å². The lowest BCUT2D eigenvalue weighted by molar-refractivity contribution is -0.129. The first-order chi connectivity index (χ1) is 21.0. The molecule has 0 saturated heterocycles. The van der Waals surface area contributed by atoms with Crippen molar-refractivity contribution in [3.8, 4) is 10.4 Å². The highest BCUT2D eigenvalue weighted by Gasteiger charge is 2.37. The Morgan fingerprint density at radius 1 is 0.860 bits per heavy atom. The highest BCUT2D eigenvalue weighted by Crippen LogP contribution is 2.41. The molecule has 0 spiro atoms. The molecule has 1 aliphatic carbocycles. The minimum atomic E-state index is -1.19. The summed E-state index contributed by atoms with van der Waals surface area (Å²) >= 11 is 1.75. The molecule has 0 atom stereocenters. The normalized spacial score (nSPS) is 18.4. The Kier molecular flexibility index (Phi) is 7.03. The van der Waals surface area contributed by atoms with Crippen LogP contribution in [-0.2, 0) is 16.0 Å². The second-order valence-electron chi connectivity index (χ2n) is 11.2. The van der Waals surface area contributed by atoms with E-state index in [9.17, 15) is 14.7 Å². The lowest BCUT2D eigenvalue weighted by Gasteiger charge is -2.31. The van der Waals surface area contributed by atoms with Gasteiger partial charge in [0, 0.05) is 27.7 Å². The number of nitrogens with zero attached hydrogens (tertiary/aromatic N) is 3. The number of thiophene rings is 1. The van der Waals surface area contributed by atoms with Crippen molar-refractivity contribution in [1.29, 1.82) is 0 Å². The number of amides is 1. The van der Waals surface area contributed by atoms with E-state index < -0.39 is 11.9 Å². The van der Waals surface area contributed by atoms with Crippen LogP contribution in [0.5, 0.6) is 0 Å². The van der Waals surface area contributed by atoms with Crippen LogP contribution in [0.2, 0.25) is 0 Å². The number of aliphatic carboxylic acids is 1. The molecule has 1 amide bonds. The molecule has 214 valence electrons. The zero-order valence-electron chi connectivity index (χ0n) is 23.9. The largest absolute Gasteiger partial charge is 0.476 e. The number of carboxylic acid groups (broad SMARTS) is 1. The van der Waals surface area contributed by atoms with Crippen molar-refractivity contribution in [1.82, 2.24) is 0 Å². The van der Waals surface area contributed by atoms with Gasteiger partial charge in [-0.1, -0.05) is 48.0 Å². The molecule has 0 radical (unpaired) electrons. The minimum absolute atomic E-state index is 0.193. The van der Waals surface area contributed by atoms with Gasteiger partial charge in [-0.2, -0.15) is 10.1 Å². The average Bonchev–Trinajstić information content (AvgIpc) is 3.67. The molecule has 7 rings (SSSR count). The lowest BCUT2D eigenvalue weighted by Crippen LogP contribution is -2.24. The quantitative estimate of drug-likeness (QED) is 0.240. The third-order valence-corrected chi connectivity index (χ3v) is 9.57. The molecular weight excluding hydrogens is 554 g/mol. The monoisotopic (exact) mass is 585 g/mol. The third kappa shape index (κ3) is 5.10. The van der Waals surface area contributed by atoms with E-state index in [4.69, 9.17) is 0 Å². The standard InChI is InChI=1S/C36H31N3O3S/c1-23-12-15-28(16-13-23)38-20-6-9-24-21-26(14-17-30(24)38)32-19-18-31(43-32)25-7-5-8-27(22-25)33-34(36(41)42)37-39(35(33)40)29-10-3-2-4-11-29/h2-4,10-19,21-22H,5-9,20H2,1H3,(H,41,42)/b33-27-. The number of hydrogen-bond acceptors (Lipinski definition) is 5. The second-order valence-corrected chi connectivity index (χ2v) is 12.3. The molecule has 0 fully saturated rings. The number of rotatable bonds is 5. The Morgan fingerprint density at radius 3 is 2.44 bits per heavy atom. The molecule has 1 aromatic heterocycles. The van der Waals surface area contributed by atoms with Crippen molar-refractivity contribution in [2.75, 3.05) is 16.5 Å². The Morgan fingerprint density at radius 2 is 1.65 bits per heavy atom. The molecule has 0 saturated carbocycles. The summed E-state index contributed by atoms with van der Waals surface area (Å²) < 4.78 is 0. The van der Waals surface area contributed by atoms with E-state index in [-0.39, 0.29) is 11.3 Å². The summed E-state index contributed by atoms with van der Waals surface area (Å²) in [6.45, 7) is 3.14. The molecule has 3 aromatic carbocycles. The van der Waals surface area contributed by atoms with Gasteiger partial charge < -0.3 is 10.0 Å². The molecule has 1 N–H and O–H groups in total. The van der Waals surface area contributed by atoms with E-state index in [0.717, 1.165) is 48.3 Å². The summed E-state index contributed by atoms with van der Waals surface area (Å²) in [4.78, 5) is 30.4. The predicted molar refractivity (Wildman–Crippen MR) is 174 cm³/mol. The van der Waals surface area contributed by atoms with Gasteiger partial charge in [0.2, 0.25) is 0 Å². The van der Waals surface area contributed by atoms with Crippen LogP contribution in [0.3, 0.4) is 0 Å². The Labute approximate surface area is 254 Å². The van der Waals surface area contributed by atoms with Crippen LogP contribution in [0.15, 0.2) is 107 Å². The molecule has 3 heterocycles. The Balaban J connectivity index is 1.18. The third-order valence-electron chi connectivity index (χ3n) is 8.36. The van der Waals surface area contributed by atoms with Crippen molar-refractivity contribution >= 4 is 51.6 Å². The molecule has 7 heteroatoms. The highest BCUT2D eigenvalue weighted by atomic mass is 32.1. The number of fused-ring (bicyclic) bond motifs is 1. The summed E-state index contributed by atoms with van der Waals surface area (Å²) in [7, 11) is 0. The lowest BCUT2D eigenvalue weighted by atomic mass is 9.89. The van der Waals surface area contributed by atoms with Crippen LogP contribution in [0.25, 0.3) is 16.0 Å². The van der Waals surface area contributed by atoms with Gasteiger partial charge in [0.1, 0.15) is 0 Å². The van der Waals surface area contributed by atoms with E-state index in [1.165, 1.54) is 38.0 Å². The smallest absolute Gasteiger partial charge is 0.357 e. The van der Waals surface area contributed by atoms with Crippen LogP contribution >= 0.6 is 11.3 Å². The number of allylic oxidation sites excluding steroid dienone is 3. The number of carbonyl (C=O) groups is 2. The molecule has 4 aromatic rings. The molecule has 3 aliphatic rings. The average molecular weight is 586 g/mol. The number of anilines is 3. The highest BCUT2D eigenvalue weighted by molar-refractivity contribution is 7.16. The van der Waals surface area contributed by atoms with Crippen LogP contribution in [0, 0.1) is 6.92 Å². The Bertz CT molecular complexity index is 1830. The van der Waals surface area contributed by atoms with Crippen molar-refractivity contribution < 1.29 is 14.7 Å². The Hall–Kier alpha value is -4.75. The first-order valence-corrected chi connectivity index (χ1v) is 15.5. The van der Waals surface area contributed by atoms with E-state index in [2.05, 4.69) is 71.5 Å². The van der Waals surface area contributed by atoms with Crippen molar-refractivity contribution in [2.45, 2.75) is 39.0 Å². The molecule has 6 nitrogen and oxygen atoms in total. The first-order valence-electron chi connectivity index (χ1n) is 14.7. The molecule has 2 aliphatic heterocycles. The van der Waals surface area contributed by atoms with E-state index in [0.29, 0.717) is 12.1 Å². The number of para-hydroxylation sites is 1. The number of hydrazone groups is 1. The van der Waals surface area contributed by atoms with Gasteiger partial charge in [-0.3, -0.25) is 4.79 Å². The van der Waals surface area contributed by atoms with Gasteiger partial charge in [-0.25, -0.2) is 4.79 Å². The van der Waals surface area contributed by atoms with Gasteiger partial charge in [-0.05, 0) is 110 Å². The fraction of sp³-hybridized carbons (Fsp3) is 0.194. The maximum Gasteiger partial charge on any atom is 0.357 e. The summed E-state index contributed by atoms with van der Waals surface area (Å²) in [5.41, 5.74) is 8.78. The number of carbonyl (C=O) groups excluding carboxylic acids is 1. The van der Waals surface area contributed by atoms with E-state index >= 15 is 0 Å². The summed E-state index contributed by atoms with van der Waals surface area (Å²) in [6.07, 6.45) is 6.56. The molecule has 43 heavy (non-hydrogen) atoms. The maximum absolute atomic E-state index is 13.5. The molecular formula is C36H31N3O3S. The van der Waals surface area contributed by atoms with Crippen LogP contribution < -0.4 is 9.91 Å². The molecule has 0 bridgehead atoms. The SMILES string of the molecule is Cc1ccc(N2CCCc3cc(-c4ccc(C5=C/C(=C6\C(=O)N(c7ccccc7)N=C6C(=O)O)CCC5)s4)ccc32)cc1. The van der Waals surface area contributed by atoms with Crippen LogP contribution in [-0.4, -0.2) is 29.2 Å². The summed E-state index contributed by atoms with van der Waals surface area (Å²) in [5.74, 6) is -1.58. The van der Waals surface area contributed by atoms with Crippen LogP contribution in [0.1, 0.15) is 41.7 Å². The number of benzene rings is 3. The van der Waals surface area contributed by atoms with Gasteiger partial charge in [0.15, 0.2) is 5.71 Å². The van der Waals surface area contributed by atoms with Gasteiger partial charge in [0.05, 0.1) is 11.3 Å². The van der Waals surface area contributed by atoms with Crippen molar-refractivity contribution in [3.63, 3.8) is 0 Å². The summed E-state index contributed by atoms with van der Waals surface area (Å²) in [5, 5.41) is 15.3. The molecule has 0 unspecified atom stereocenters. The minimum Gasteiger partial charge on any atom is -0.476 e. The fourth-order valence-electron chi connectivity index (χ4n) is 6.21. The fourth-order valence-corrected chi connectivity index (χ4v) is 7.26. The van der Waals surface area contributed by atoms with E-state index in [1.807, 2.05) is 12.1 Å². The zero-order chi connectivity index (χ0) is 29.5. The van der Waals surface area contributed by atoms with Gasteiger partial charge in [-0.15, -0.1) is 11.3 Å². The predicted octanol–water partition coefficient (Wildman–Crippen LogP) is 8.16. The second kappa shape index (κ2) is 11.2. The topological polar surface area (TPSA) is 73.2 Å².